The van der Waals surface area contributed by atoms with E-state index in [9.17, 15) is 14.4 Å². The van der Waals surface area contributed by atoms with E-state index in [1.807, 2.05) is 0 Å². The highest BCUT2D eigenvalue weighted by Gasteiger charge is 2.24. The van der Waals surface area contributed by atoms with Gasteiger partial charge in [-0.05, 0) is 25.5 Å². The Morgan fingerprint density at radius 2 is 2.04 bits per heavy atom. The van der Waals surface area contributed by atoms with Gasteiger partial charge in [0.2, 0.25) is 0 Å². The molecule has 0 spiro atoms. The molecule has 0 aliphatic rings. The van der Waals surface area contributed by atoms with Gasteiger partial charge in [0.15, 0.2) is 5.82 Å². The topological polar surface area (TPSA) is 134 Å². The molecule has 0 saturated carbocycles. The summed E-state index contributed by atoms with van der Waals surface area (Å²) in [7, 11) is 0. The van der Waals surface area contributed by atoms with Crippen LogP contribution in [-0.2, 0) is 9.59 Å². The second kappa shape index (κ2) is 7.36. The van der Waals surface area contributed by atoms with Gasteiger partial charge in [-0.15, -0.1) is 0 Å². The number of amides is 1. The SMILES string of the molecule is Cc1c(C(=O)N[C@@H](CCC(=O)O)C(=O)O)cnn1-c1ccccn1. The van der Waals surface area contributed by atoms with Crippen LogP contribution in [0.4, 0.5) is 0 Å². The van der Waals surface area contributed by atoms with E-state index >= 15 is 0 Å². The van der Waals surface area contributed by atoms with Gasteiger partial charge in [0.25, 0.3) is 5.91 Å². The summed E-state index contributed by atoms with van der Waals surface area (Å²) in [6.07, 6.45) is 2.34. The van der Waals surface area contributed by atoms with Gasteiger partial charge in [0, 0.05) is 12.6 Å². The predicted molar refractivity (Wildman–Crippen MR) is 81.9 cm³/mol. The van der Waals surface area contributed by atoms with Gasteiger partial charge >= 0.3 is 11.9 Å². The highest BCUT2D eigenvalue weighted by molar-refractivity contribution is 5.97. The van der Waals surface area contributed by atoms with E-state index in [0.717, 1.165) is 0 Å². The van der Waals surface area contributed by atoms with E-state index in [1.165, 1.54) is 10.9 Å². The van der Waals surface area contributed by atoms with Crippen LogP contribution in [0.15, 0.2) is 30.6 Å². The summed E-state index contributed by atoms with van der Waals surface area (Å²) in [6, 6.07) is 3.95. The highest BCUT2D eigenvalue weighted by Crippen LogP contribution is 2.12. The van der Waals surface area contributed by atoms with E-state index in [0.29, 0.717) is 11.5 Å². The predicted octanol–water partition coefficient (Wildman–Crippen LogP) is 0.624. The lowest BCUT2D eigenvalue weighted by molar-refractivity contribution is -0.140. The van der Waals surface area contributed by atoms with Crippen LogP contribution in [-0.4, -0.2) is 48.9 Å². The van der Waals surface area contributed by atoms with E-state index in [-0.39, 0.29) is 18.4 Å². The largest absolute Gasteiger partial charge is 0.481 e. The van der Waals surface area contributed by atoms with Crippen LogP contribution in [0.25, 0.3) is 5.82 Å². The third-order valence-corrected chi connectivity index (χ3v) is 3.37. The van der Waals surface area contributed by atoms with Crippen molar-refractivity contribution in [1.29, 1.82) is 0 Å². The van der Waals surface area contributed by atoms with Gasteiger partial charge in [0.1, 0.15) is 6.04 Å². The van der Waals surface area contributed by atoms with Crippen LogP contribution in [0.5, 0.6) is 0 Å². The van der Waals surface area contributed by atoms with Gasteiger partial charge in [-0.25, -0.2) is 14.5 Å². The van der Waals surface area contributed by atoms with Crippen LogP contribution in [0.1, 0.15) is 28.9 Å². The van der Waals surface area contributed by atoms with Gasteiger partial charge < -0.3 is 15.5 Å². The summed E-state index contributed by atoms with van der Waals surface area (Å²) in [6.45, 7) is 1.66. The Balaban J connectivity index is 2.16. The third kappa shape index (κ3) is 3.94. The lowest BCUT2D eigenvalue weighted by Gasteiger charge is -2.13. The second-order valence-corrected chi connectivity index (χ2v) is 5.04. The molecule has 9 heteroatoms. The number of nitrogens with one attached hydrogen (secondary N) is 1. The first-order valence-electron chi connectivity index (χ1n) is 7.11. The van der Waals surface area contributed by atoms with Crippen LogP contribution in [0.3, 0.4) is 0 Å². The fourth-order valence-electron chi connectivity index (χ4n) is 2.10. The Hall–Kier alpha value is -3.23. The zero-order chi connectivity index (χ0) is 17.7. The Morgan fingerprint density at radius 3 is 2.62 bits per heavy atom. The Kier molecular flexibility index (Phi) is 5.25. The van der Waals surface area contributed by atoms with Crippen LogP contribution in [0, 0.1) is 6.92 Å². The number of hydrogen-bond donors (Lipinski definition) is 3. The number of pyridine rings is 1. The summed E-state index contributed by atoms with van der Waals surface area (Å²) in [5.74, 6) is -2.53. The molecule has 0 aromatic carbocycles. The molecule has 0 radical (unpaired) electrons. The molecule has 2 aromatic rings. The molecule has 2 heterocycles. The number of rotatable bonds is 7. The average molecular weight is 332 g/mol. The fraction of sp³-hybridized carbons (Fsp3) is 0.267. The van der Waals surface area contributed by atoms with Crippen molar-refractivity contribution in [3.8, 4) is 5.82 Å². The molecule has 126 valence electrons. The van der Waals surface area contributed by atoms with Crippen molar-refractivity contribution in [3.05, 3.63) is 41.9 Å². The van der Waals surface area contributed by atoms with Gasteiger partial charge in [0.05, 0.1) is 17.5 Å². The van der Waals surface area contributed by atoms with E-state index in [2.05, 4.69) is 15.4 Å². The number of carbonyl (C=O) groups excluding carboxylic acids is 1. The van der Waals surface area contributed by atoms with E-state index in [4.69, 9.17) is 10.2 Å². The standard InChI is InChI=1S/C15H16N4O5/c1-9-10(8-17-19(9)12-4-2-3-7-16-12)14(22)18-11(15(23)24)5-6-13(20)21/h2-4,7-8,11H,5-6H2,1H3,(H,18,22)(H,20,21)(H,23,24)/t11-/m0/s1. The average Bonchev–Trinajstić information content (AvgIpc) is 2.93. The fourth-order valence-corrected chi connectivity index (χ4v) is 2.10. The minimum Gasteiger partial charge on any atom is -0.481 e. The Bertz CT molecular complexity index is 756. The molecule has 1 atom stereocenters. The van der Waals surface area contributed by atoms with Gasteiger partial charge in [-0.2, -0.15) is 5.10 Å². The minimum absolute atomic E-state index is 0.197. The van der Waals surface area contributed by atoms with Crippen molar-refractivity contribution in [1.82, 2.24) is 20.1 Å². The van der Waals surface area contributed by atoms with Crippen LogP contribution >= 0.6 is 0 Å². The molecule has 0 bridgehead atoms. The Labute approximate surface area is 136 Å². The number of hydrogen-bond acceptors (Lipinski definition) is 5. The number of nitrogens with zero attached hydrogens (tertiary/aromatic N) is 3. The molecule has 0 fully saturated rings. The maximum atomic E-state index is 12.3. The molecule has 9 nitrogen and oxygen atoms in total. The number of aliphatic carboxylic acids is 2. The highest BCUT2D eigenvalue weighted by atomic mass is 16.4. The Morgan fingerprint density at radius 1 is 1.29 bits per heavy atom. The molecule has 2 rings (SSSR count). The van der Waals surface area contributed by atoms with Crippen molar-refractivity contribution in [3.63, 3.8) is 0 Å². The maximum Gasteiger partial charge on any atom is 0.326 e. The molecular weight excluding hydrogens is 316 g/mol. The van der Waals surface area contributed by atoms with Crippen molar-refractivity contribution >= 4 is 17.8 Å². The zero-order valence-electron chi connectivity index (χ0n) is 12.8. The molecule has 24 heavy (non-hydrogen) atoms. The molecule has 3 N–H and O–H groups in total. The third-order valence-electron chi connectivity index (χ3n) is 3.37. The lowest BCUT2D eigenvalue weighted by Crippen LogP contribution is -2.41. The first-order chi connectivity index (χ1) is 11.4. The van der Waals surface area contributed by atoms with Gasteiger partial charge in [-0.1, -0.05) is 6.07 Å². The van der Waals surface area contributed by atoms with Crippen LogP contribution in [0.2, 0.25) is 0 Å². The maximum absolute atomic E-state index is 12.3. The monoisotopic (exact) mass is 332 g/mol. The first kappa shape index (κ1) is 17.1. The first-order valence-corrected chi connectivity index (χ1v) is 7.11. The number of carbonyl (C=O) groups is 3. The summed E-state index contributed by atoms with van der Waals surface area (Å²) >= 11 is 0. The number of aromatic nitrogens is 3. The van der Waals surface area contributed by atoms with Crippen molar-refractivity contribution in [2.75, 3.05) is 0 Å². The lowest BCUT2D eigenvalue weighted by atomic mass is 10.1. The minimum atomic E-state index is -1.29. The number of carboxylic acid groups (broad SMARTS) is 2. The molecule has 1 amide bonds. The van der Waals surface area contributed by atoms with E-state index in [1.54, 1.807) is 31.3 Å². The smallest absolute Gasteiger partial charge is 0.326 e. The van der Waals surface area contributed by atoms with E-state index < -0.39 is 23.9 Å². The van der Waals surface area contributed by atoms with Crippen molar-refractivity contribution in [2.24, 2.45) is 0 Å². The molecule has 0 saturated heterocycles. The molecule has 0 unspecified atom stereocenters. The zero-order valence-corrected chi connectivity index (χ0v) is 12.8. The van der Waals surface area contributed by atoms with Crippen LogP contribution < -0.4 is 5.32 Å². The molecular formula is C15H16N4O5. The molecule has 0 aliphatic heterocycles. The quantitative estimate of drug-likeness (QED) is 0.676. The summed E-state index contributed by atoms with van der Waals surface area (Å²) in [5, 5.41) is 24.1. The second-order valence-electron chi connectivity index (χ2n) is 5.04. The van der Waals surface area contributed by atoms with Crippen molar-refractivity contribution < 1.29 is 24.6 Å². The molecule has 0 aliphatic carbocycles. The molecule has 2 aromatic heterocycles. The van der Waals surface area contributed by atoms with Crippen molar-refractivity contribution in [2.45, 2.75) is 25.8 Å². The number of carboxylic acids is 2. The summed E-state index contributed by atoms with van der Waals surface area (Å²) in [4.78, 5) is 38.1. The summed E-state index contributed by atoms with van der Waals surface area (Å²) in [5.41, 5.74) is 0.691. The normalized spacial score (nSPS) is 11.7. The van der Waals surface area contributed by atoms with Gasteiger partial charge in [-0.3, -0.25) is 9.59 Å². The summed E-state index contributed by atoms with van der Waals surface area (Å²) < 4.78 is 1.46.